The third-order valence-electron chi connectivity index (χ3n) is 4.87. The number of aromatic amines is 1. The van der Waals surface area contributed by atoms with Crippen LogP contribution in [-0.4, -0.2) is 37.0 Å². The van der Waals surface area contributed by atoms with Crippen LogP contribution < -0.4 is 15.4 Å². The van der Waals surface area contributed by atoms with Crippen molar-refractivity contribution in [2.45, 2.75) is 19.8 Å². The lowest BCUT2D eigenvalue weighted by Gasteiger charge is -2.14. The van der Waals surface area contributed by atoms with Crippen molar-refractivity contribution in [3.05, 3.63) is 59.3 Å². The van der Waals surface area contributed by atoms with Crippen molar-refractivity contribution in [2.75, 3.05) is 26.0 Å². The van der Waals surface area contributed by atoms with Gasteiger partial charge < -0.3 is 20.4 Å². The monoisotopic (exact) mass is 396 g/mol. The number of hydrogen-bond donors (Lipinski definition) is 3. The van der Waals surface area contributed by atoms with E-state index in [1.807, 2.05) is 26.1 Å². The number of aldehydes is 1. The largest absolute Gasteiger partial charge is 0.494 e. The molecule has 7 heteroatoms. The number of nitrogens with one attached hydrogen (secondary N) is 3. The molecule has 0 unspecified atom stereocenters. The summed E-state index contributed by atoms with van der Waals surface area (Å²) in [5.74, 6) is 0.295. The van der Waals surface area contributed by atoms with Crippen LogP contribution in [0.2, 0.25) is 0 Å². The zero-order valence-electron chi connectivity index (χ0n) is 16.8. The molecule has 29 heavy (non-hydrogen) atoms. The van der Waals surface area contributed by atoms with Crippen molar-refractivity contribution < 1.29 is 13.9 Å². The number of ether oxygens (including phenoxy) is 1. The minimum atomic E-state index is -0.279. The predicted molar refractivity (Wildman–Crippen MR) is 113 cm³/mol. The first kappa shape index (κ1) is 20.5. The number of rotatable bonds is 9. The highest BCUT2D eigenvalue weighted by molar-refractivity contribution is 5.96. The molecule has 3 N–H and O–H groups in total. The highest BCUT2D eigenvalue weighted by atomic mass is 19.1. The van der Waals surface area contributed by atoms with E-state index in [0.717, 1.165) is 17.5 Å². The van der Waals surface area contributed by atoms with E-state index < -0.39 is 0 Å². The van der Waals surface area contributed by atoms with Gasteiger partial charge in [0.25, 0.3) is 0 Å². The summed E-state index contributed by atoms with van der Waals surface area (Å²) in [4.78, 5) is 19.5. The minimum absolute atomic E-state index is 0.279. The summed E-state index contributed by atoms with van der Waals surface area (Å²) in [5, 5.41) is 6.39. The van der Waals surface area contributed by atoms with Gasteiger partial charge in [0.2, 0.25) is 0 Å². The molecular formula is C22H25FN4O2. The van der Waals surface area contributed by atoms with E-state index in [9.17, 15) is 9.18 Å². The number of hydrogen-bond acceptors (Lipinski definition) is 5. The normalized spacial score (nSPS) is 10.8. The highest BCUT2D eigenvalue weighted by Crippen LogP contribution is 2.39. The second-order valence-corrected chi connectivity index (χ2v) is 6.56. The van der Waals surface area contributed by atoms with Gasteiger partial charge in [-0.05, 0) is 31.7 Å². The van der Waals surface area contributed by atoms with Crippen LogP contribution in [0.25, 0.3) is 11.3 Å². The first-order valence-electron chi connectivity index (χ1n) is 9.51. The molecule has 0 amide bonds. The third-order valence-corrected chi connectivity index (χ3v) is 4.87. The van der Waals surface area contributed by atoms with E-state index in [0.29, 0.717) is 53.3 Å². The average Bonchev–Trinajstić information content (AvgIpc) is 3.09. The van der Waals surface area contributed by atoms with Crippen molar-refractivity contribution in [1.82, 2.24) is 15.3 Å². The van der Waals surface area contributed by atoms with Crippen LogP contribution in [0.15, 0.2) is 36.7 Å². The predicted octanol–water partition coefficient (Wildman–Crippen LogP) is 4.10. The van der Waals surface area contributed by atoms with Crippen molar-refractivity contribution >= 4 is 17.7 Å². The topological polar surface area (TPSA) is 79.0 Å². The molecule has 0 saturated heterocycles. The van der Waals surface area contributed by atoms with E-state index in [2.05, 4.69) is 20.6 Å². The van der Waals surface area contributed by atoms with Crippen LogP contribution in [0, 0.1) is 5.82 Å². The van der Waals surface area contributed by atoms with Gasteiger partial charge in [-0.15, -0.1) is 0 Å². The van der Waals surface area contributed by atoms with Crippen LogP contribution in [0.4, 0.5) is 15.8 Å². The van der Waals surface area contributed by atoms with E-state index in [4.69, 9.17) is 4.74 Å². The zero-order chi connectivity index (χ0) is 20.8. The summed E-state index contributed by atoms with van der Waals surface area (Å²) in [5.41, 5.74) is 4.55. The summed E-state index contributed by atoms with van der Waals surface area (Å²) in [6.07, 6.45) is 5.27. The molecule has 6 nitrogen and oxygen atoms in total. The van der Waals surface area contributed by atoms with Gasteiger partial charge in [-0.3, -0.25) is 9.78 Å². The summed E-state index contributed by atoms with van der Waals surface area (Å²) >= 11 is 0. The van der Waals surface area contributed by atoms with Gasteiger partial charge >= 0.3 is 0 Å². The fourth-order valence-electron chi connectivity index (χ4n) is 3.39. The summed E-state index contributed by atoms with van der Waals surface area (Å²) in [6, 6.07) is 6.72. The number of H-pyrrole nitrogens is 1. The Bertz CT molecular complexity index is 1000. The van der Waals surface area contributed by atoms with Gasteiger partial charge in [-0.2, -0.15) is 0 Å². The van der Waals surface area contributed by atoms with Crippen molar-refractivity contribution in [2.24, 2.45) is 0 Å². The number of halogens is 1. The molecule has 0 radical (unpaired) electrons. The Labute approximate surface area is 169 Å². The average molecular weight is 396 g/mol. The van der Waals surface area contributed by atoms with E-state index >= 15 is 0 Å². The Morgan fingerprint density at radius 3 is 2.83 bits per heavy atom. The van der Waals surface area contributed by atoms with Crippen LogP contribution in [0.1, 0.15) is 28.5 Å². The van der Waals surface area contributed by atoms with Gasteiger partial charge in [0.1, 0.15) is 11.6 Å². The molecule has 0 saturated carbocycles. The summed E-state index contributed by atoms with van der Waals surface area (Å²) in [7, 11) is 3.43. The molecule has 0 bridgehead atoms. The first-order valence-corrected chi connectivity index (χ1v) is 9.51. The lowest BCUT2D eigenvalue weighted by Crippen LogP contribution is -2.11. The maximum Gasteiger partial charge on any atom is 0.153 e. The number of aromatic nitrogens is 2. The summed E-state index contributed by atoms with van der Waals surface area (Å²) < 4.78 is 19.8. The SMILES string of the molecule is CCc1c(F)cccc1Nc1c(-c2ccncc2OC)[nH]c(CCNC)c1C=O. The van der Waals surface area contributed by atoms with Gasteiger partial charge in [-0.25, -0.2) is 4.39 Å². The minimum Gasteiger partial charge on any atom is -0.494 e. The molecule has 0 aliphatic heterocycles. The molecule has 2 aromatic heterocycles. The van der Waals surface area contributed by atoms with Gasteiger partial charge in [-0.1, -0.05) is 13.0 Å². The Balaban J connectivity index is 2.19. The van der Waals surface area contributed by atoms with Crippen LogP contribution in [-0.2, 0) is 12.8 Å². The molecule has 0 spiro atoms. The molecule has 3 aromatic rings. The van der Waals surface area contributed by atoms with E-state index in [1.54, 1.807) is 25.6 Å². The molecule has 0 atom stereocenters. The maximum atomic E-state index is 14.3. The number of pyridine rings is 1. The van der Waals surface area contributed by atoms with E-state index in [1.165, 1.54) is 6.07 Å². The molecule has 3 rings (SSSR count). The number of carbonyl (C=O) groups is 1. The lowest BCUT2D eigenvalue weighted by atomic mass is 10.1. The Morgan fingerprint density at radius 2 is 2.14 bits per heavy atom. The molecular weight excluding hydrogens is 371 g/mol. The molecule has 0 aliphatic carbocycles. The van der Waals surface area contributed by atoms with Crippen LogP contribution >= 0.6 is 0 Å². The van der Waals surface area contributed by atoms with Crippen molar-refractivity contribution in [1.29, 1.82) is 0 Å². The van der Waals surface area contributed by atoms with Gasteiger partial charge in [0.15, 0.2) is 6.29 Å². The van der Waals surface area contributed by atoms with Gasteiger partial charge in [0.05, 0.1) is 30.3 Å². The third kappa shape index (κ3) is 4.14. The zero-order valence-corrected chi connectivity index (χ0v) is 16.8. The lowest BCUT2D eigenvalue weighted by molar-refractivity contribution is 0.112. The molecule has 0 aliphatic rings. The van der Waals surface area contributed by atoms with Crippen molar-refractivity contribution in [3.63, 3.8) is 0 Å². The highest BCUT2D eigenvalue weighted by Gasteiger charge is 2.21. The summed E-state index contributed by atoms with van der Waals surface area (Å²) in [6.45, 7) is 2.60. The first-order chi connectivity index (χ1) is 14.1. The molecule has 2 heterocycles. The van der Waals surface area contributed by atoms with Crippen molar-refractivity contribution in [3.8, 4) is 17.0 Å². The number of anilines is 2. The maximum absolute atomic E-state index is 14.3. The van der Waals surface area contributed by atoms with Crippen LogP contribution in [0.5, 0.6) is 5.75 Å². The Hall–Kier alpha value is -3.19. The molecule has 1 aromatic carbocycles. The fraction of sp³-hybridized carbons (Fsp3) is 0.273. The second-order valence-electron chi connectivity index (χ2n) is 6.56. The Kier molecular flexibility index (Phi) is 6.61. The number of nitrogens with zero attached hydrogens (tertiary/aromatic N) is 1. The molecule has 0 fully saturated rings. The standard InChI is InChI=1S/C22H25FN4O2/c1-4-14-17(23)6-5-7-18(14)26-22-16(13-28)19(9-10-24-2)27-21(22)15-8-11-25-12-20(15)29-3/h5-8,11-13,24,26-27H,4,9-10H2,1-3H3. The van der Waals surface area contributed by atoms with Crippen LogP contribution in [0.3, 0.4) is 0 Å². The van der Waals surface area contributed by atoms with E-state index in [-0.39, 0.29) is 5.82 Å². The fourth-order valence-corrected chi connectivity index (χ4v) is 3.39. The number of carbonyl (C=O) groups excluding carboxylic acids is 1. The number of likely N-dealkylation sites (N-methyl/N-ethyl adjacent to an activating group) is 1. The van der Waals surface area contributed by atoms with Gasteiger partial charge in [0, 0.05) is 41.7 Å². The quantitative estimate of drug-likeness (QED) is 0.475. The molecule has 152 valence electrons. The smallest absolute Gasteiger partial charge is 0.153 e. The number of methoxy groups -OCH3 is 1. The Morgan fingerprint density at radius 1 is 1.31 bits per heavy atom. The number of benzene rings is 1. The second kappa shape index (κ2) is 9.34.